The number of aliphatic hydroxyl groups excluding tert-OH is 1. The summed E-state index contributed by atoms with van der Waals surface area (Å²) in [6.45, 7) is 2.41. The number of benzene rings is 1. The Bertz CT molecular complexity index is 540. The molecule has 120 valence electrons. The van der Waals surface area contributed by atoms with E-state index in [1.54, 1.807) is 6.21 Å². The number of hydrogen-bond donors (Lipinski definition) is 1. The largest absolute Gasteiger partial charge is 0.483 e. The van der Waals surface area contributed by atoms with Crippen LogP contribution in [-0.2, 0) is 16.1 Å². The molecule has 0 amide bonds. The lowest BCUT2D eigenvalue weighted by Crippen LogP contribution is -2.24. The molecule has 1 heterocycles. The first-order chi connectivity index (χ1) is 10.3. The van der Waals surface area contributed by atoms with Crippen molar-refractivity contribution in [3.63, 3.8) is 0 Å². The number of aliphatic hydroxyl groups is 1. The highest BCUT2D eigenvalue weighted by Crippen LogP contribution is 2.24. The SMILES string of the molecule is CCC1=C(OCc2ccccc2)C(=O)C(CCCO)C=N1.Cl. The van der Waals surface area contributed by atoms with Crippen LogP contribution in [0.1, 0.15) is 31.7 Å². The number of aliphatic imine (C=N–C) groups is 1. The standard InChI is InChI=1S/C17H21NO3.ClH/c1-2-15-17(21-12-13-7-4-3-5-8-13)16(20)14(11-18-15)9-6-10-19;/h3-5,7-8,11,14,19H,2,6,9-10,12H2,1H3;1H. The molecular formula is C17H22ClNO3. The fourth-order valence-electron chi connectivity index (χ4n) is 2.27. The van der Waals surface area contributed by atoms with Crippen molar-refractivity contribution in [1.29, 1.82) is 0 Å². The van der Waals surface area contributed by atoms with Crippen LogP contribution < -0.4 is 0 Å². The second kappa shape index (κ2) is 9.38. The molecule has 0 aromatic heterocycles. The van der Waals surface area contributed by atoms with Crippen molar-refractivity contribution in [3.8, 4) is 0 Å². The molecule has 22 heavy (non-hydrogen) atoms. The van der Waals surface area contributed by atoms with Gasteiger partial charge in [0.1, 0.15) is 6.61 Å². The summed E-state index contributed by atoms with van der Waals surface area (Å²) in [5.74, 6) is 0.0799. The van der Waals surface area contributed by atoms with Crippen molar-refractivity contribution < 1.29 is 14.6 Å². The average Bonchev–Trinajstić information content (AvgIpc) is 2.53. The zero-order chi connectivity index (χ0) is 15.1. The van der Waals surface area contributed by atoms with Gasteiger partial charge in [0.25, 0.3) is 0 Å². The number of rotatable bonds is 7. The molecule has 1 aromatic rings. The Kier molecular flexibility index (Phi) is 7.85. The lowest BCUT2D eigenvalue weighted by molar-refractivity contribution is -0.121. The first-order valence-corrected chi connectivity index (χ1v) is 7.35. The van der Waals surface area contributed by atoms with Crippen LogP contribution in [0.25, 0.3) is 0 Å². The molecule has 1 N–H and O–H groups in total. The van der Waals surface area contributed by atoms with E-state index < -0.39 is 0 Å². The lowest BCUT2D eigenvalue weighted by atomic mass is 9.95. The zero-order valence-electron chi connectivity index (χ0n) is 12.7. The Morgan fingerprint density at radius 2 is 2.00 bits per heavy atom. The number of allylic oxidation sites excluding steroid dienone is 2. The summed E-state index contributed by atoms with van der Waals surface area (Å²) in [7, 11) is 0. The normalized spacial score (nSPS) is 17.4. The van der Waals surface area contributed by atoms with E-state index in [-0.39, 0.29) is 30.7 Å². The quantitative estimate of drug-likeness (QED) is 0.837. The molecule has 0 aliphatic carbocycles. The van der Waals surface area contributed by atoms with E-state index in [1.807, 2.05) is 37.3 Å². The van der Waals surface area contributed by atoms with Crippen LogP contribution in [0.5, 0.6) is 0 Å². The van der Waals surface area contributed by atoms with Crippen LogP contribution in [-0.4, -0.2) is 23.7 Å². The van der Waals surface area contributed by atoms with Crippen LogP contribution >= 0.6 is 12.4 Å². The summed E-state index contributed by atoms with van der Waals surface area (Å²) in [6.07, 6.45) is 3.55. The van der Waals surface area contributed by atoms with Crippen LogP contribution in [0.4, 0.5) is 0 Å². The number of carbonyl (C=O) groups is 1. The van der Waals surface area contributed by atoms with Gasteiger partial charge >= 0.3 is 0 Å². The van der Waals surface area contributed by atoms with Crippen molar-refractivity contribution in [2.45, 2.75) is 32.8 Å². The maximum Gasteiger partial charge on any atom is 0.207 e. The monoisotopic (exact) mass is 323 g/mol. The number of hydrogen-bond acceptors (Lipinski definition) is 4. The van der Waals surface area contributed by atoms with Crippen molar-refractivity contribution in [3.05, 3.63) is 47.4 Å². The predicted octanol–water partition coefficient (Wildman–Crippen LogP) is 3.29. The summed E-state index contributed by atoms with van der Waals surface area (Å²) >= 11 is 0. The number of nitrogens with zero attached hydrogens (tertiary/aromatic N) is 1. The molecule has 1 aromatic carbocycles. The Morgan fingerprint density at radius 1 is 1.27 bits per heavy atom. The van der Waals surface area contributed by atoms with Gasteiger partial charge in [-0.3, -0.25) is 9.79 Å². The van der Waals surface area contributed by atoms with Crippen LogP contribution in [0.3, 0.4) is 0 Å². The minimum Gasteiger partial charge on any atom is -0.483 e. The van der Waals surface area contributed by atoms with Gasteiger partial charge in [0.05, 0.1) is 11.6 Å². The highest BCUT2D eigenvalue weighted by atomic mass is 35.5. The van der Waals surface area contributed by atoms with Gasteiger partial charge in [0.2, 0.25) is 5.78 Å². The van der Waals surface area contributed by atoms with E-state index in [2.05, 4.69) is 4.99 Å². The molecule has 0 saturated heterocycles. The van der Waals surface area contributed by atoms with Gasteiger partial charge in [-0.25, -0.2) is 0 Å². The fraction of sp³-hybridized carbons (Fsp3) is 0.412. The molecule has 0 saturated carbocycles. The molecular weight excluding hydrogens is 302 g/mol. The minimum absolute atomic E-state index is 0. The Labute approximate surface area is 137 Å². The molecule has 1 aliphatic rings. The van der Waals surface area contributed by atoms with Gasteiger partial charge < -0.3 is 9.84 Å². The summed E-state index contributed by atoms with van der Waals surface area (Å²) in [5.41, 5.74) is 1.73. The van der Waals surface area contributed by atoms with Crippen molar-refractivity contribution in [2.75, 3.05) is 6.61 Å². The van der Waals surface area contributed by atoms with E-state index in [0.29, 0.717) is 37.3 Å². The molecule has 5 heteroatoms. The maximum absolute atomic E-state index is 12.5. The summed E-state index contributed by atoms with van der Waals surface area (Å²) in [6, 6.07) is 9.76. The molecule has 0 fully saturated rings. The van der Waals surface area contributed by atoms with Gasteiger partial charge in [-0.2, -0.15) is 0 Å². The first kappa shape index (κ1) is 18.4. The van der Waals surface area contributed by atoms with Crippen LogP contribution in [0.15, 0.2) is 46.8 Å². The van der Waals surface area contributed by atoms with Gasteiger partial charge in [0, 0.05) is 12.8 Å². The average molecular weight is 324 g/mol. The minimum atomic E-state index is -0.279. The molecule has 4 nitrogen and oxygen atoms in total. The van der Waals surface area contributed by atoms with E-state index >= 15 is 0 Å². The summed E-state index contributed by atoms with van der Waals surface area (Å²) in [5, 5.41) is 8.90. The van der Waals surface area contributed by atoms with Crippen LogP contribution in [0, 0.1) is 5.92 Å². The second-order valence-corrected chi connectivity index (χ2v) is 5.02. The van der Waals surface area contributed by atoms with Gasteiger partial charge in [-0.15, -0.1) is 12.4 Å². The Hall–Kier alpha value is -1.65. The molecule has 1 unspecified atom stereocenters. The van der Waals surface area contributed by atoms with Gasteiger partial charge in [0.15, 0.2) is 5.76 Å². The second-order valence-electron chi connectivity index (χ2n) is 5.02. The lowest BCUT2D eigenvalue weighted by Gasteiger charge is -2.20. The Balaban J connectivity index is 0.00000242. The van der Waals surface area contributed by atoms with Crippen LogP contribution in [0.2, 0.25) is 0 Å². The highest BCUT2D eigenvalue weighted by Gasteiger charge is 2.27. The highest BCUT2D eigenvalue weighted by molar-refractivity contribution is 6.06. The number of ether oxygens (including phenoxy) is 1. The number of ketones is 1. The topological polar surface area (TPSA) is 58.9 Å². The van der Waals surface area contributed by atoms with Gasteiger partial charge in [-0.05, 0) is 24.8 Å². The van der Waals surface area contributed by atoms with Crippen molar-refractivity contribution in [1.82, 2.24) is 0 Å². The molecule has 0 bridgehead atoms. The third-order valence-corrected chi connectivity index (χ3v) is 3.47. The third-order valence-electron chi connectivity index (χ3n) is 3.47. The maximum atomic E-state index is 12.5. The van der Waals surface area contributed by atoms with E-state index in [4.69, 9.17) is 9.84 Å². The number of halogens is 1. The Morgan fingerprint density at radius 3 is 2.64 bits per heavy atom. The molecule has 1 aliphatic heterocycles. The predicted molar refractivity (Wildman–Crippen MR) is 89.1 cm³/mol. The van der Waals surface area contributed by atoms with Crippen molar-refractivity contribution >= 4 is 24.4 Å². The van der Waals surface area contributed by atoms with E-state index in [1.165, 1.54) is 0 Å². The third kappa shape index (κ3) is 4.68. The van der Waals surface area contributed by atoms with Gasteiger partial charge in [-0.1, -0.05) is 37.3 Å². The van der Waals surface area contributed by atoms with E-state index in [9.17, 15) is 4.79 Å². The van der Waals surface area contributed by atoms with E-state index in [0.717, 1.165) is 5.56 Å². The molecule has 0 radical (unpaired) electrons. The zero-order valence-corrected chi connectivity index (χ0v) is 13.5. The summed E-state index contributed by atoms with van der Waals surface area (Å²) < 4.78 is 5.75. The molecule has 2 rings (SSSR count). The molecule has 1 atom stereocenters. The fourth-order valence-corrected chi connectivity index (χ4v) is 2.27. The summed E-state index contributed by atoms with van der Waals surface area (Å²) in [4.78, 5) is 16.8. The number of Topliss-reactive ketones (excluding diaryl/α,β-unsaturated/α-hetero) is 1. The molecule has 0 spiro atoms. The number of carbonyl (C=O) groups excluding carboxylic acids is 1. The smallest absolute Gasteiger partial charge is 0.207 e. The first-order valence-electron chi connectivity index (χ1n) is 7.35. The van der Waals surface area contributed by atoms with Crippen molar-refractivity contribution in [2.24, 2.45) is 10.9 Å².